The highest BCUT2D eigenvalue weighted by Crippen LogP contribution is 2.44. The van der Waals surface area contributed by atoms with Crippen molar-refractivity contribution in [3.63, 3.8) is 0 Å². The summed E-state index contributed by atoms with van der Waals surface area (Å²) in [5.41, 5.74) is 16.5. The lowest BCUT2D eigenvalue weighted by Gasteiger charge is -2.33. The number of aromatic nitrogens is 2. The normalized spacial score (nSPS) is 14.4. The van der Waals surface area contributed by atoms with Gasteiger partial charge in [-0.05, 0) is 70.4 Å². The second-order valence-electron chi connectivity index (χ2n) is 13.6. The number of benzene rings is 7. The molecule has 0 unspecified atom stereocenters. The van der Waals surface area contributed by atoms with Gasteiger partial charge in [0, 0.05) is 58.0 Å². The third-order valence-corrected chi connectivity index (χ3v) is 13.8. The molecule has 218 valence electrons. The molecular weight excluding hydrogens is 618 g/mol. The molecule has 48 heavy (non-hydrogen) atoms. The Morgan fingerprint density at radius 2 is 0.938 bits per heavy atom. The first kappa shape index (κ1) is 25.0. The van der Waals surface area contributed by atoms with Crippen molar-refractivity contribution in [2.45, 2.75) is 19.6 Å². The van der Waals surface area contributed by atoms with Gasteiger partial charge in [0.1, 0.15) is 0 Å². The highest BCUT2D eigenvalue weighted by atomic mass is 32.2. The molecule has 2 nitrogen and oxygen atoms in total. The van der Waals surface area contributed by atoms with E-state index in [2.05, 4.69) is 143 Å². The molecule has 7 aromatic carbocycles. The van der Waals surface area contributed by atoms with Gasteiger partial charge in [0.15, 0.2) is 0 Å². The van der Waals surface area contributed by atoms with E-state index in [-0.39, 0.29) is 13.4 Å². The quantitative estimate of drug-likeness (QED) is 0.176. The van der Waals surface area contributed by atoms with Gasteiger partial charge in [-0.3, -0.25) is 0 Å². The first-order chi connectivity index (χ1) is 23.8. The van der Waals surface area contributed by atoms with Crippen LogP contribution < -0.4 is 32.8 Å². The van der Waals surface area contributed by atoms with Gasteiger partial charge in [-0.15, -0.1) is 0 Å². The number of hydrogen-bond acceptors (Lipinski definition) is 2. The van der Waals surface area contributed by atoms with E-state index in [0.29, 0.717) is 0 Å². The van der Waals surface area contributed by atoms with Crippen LogP contribution in [0.15, 0.2) is 153 Å². The summed E-state index contributed by atoms with van der Waals surface area (Å²) in [5, 5.41) is 5.35. The summed E-state index contributed by atoms with van der Waals surface area (Å²) in [6.07, 6.45) is 0. The molecule has 6 heteroatoms. The molecule has 0 saturated heterocycles. The largest absolute Gasteiger partial charge is 0.310 e. The lowest BCUT2D eigenvalue weighted by Crippen LogP contribution is -2.58. The number of nitrogens with zero attached hydrogens (tertiary/aromatic N) is 2. The predicted molar refractivity (Wildman–Crippen MR) is 206 cm³/mol. The number of rotatable bonds is 0. The molecule has 0 amide bonds. The van der Waals surface area contributed by atoms with Crippen molar-refractivity contribution in [2.24, 2.45) is 0 Å². The third kappa shape index (κ3) is 2.80. The van der Waals surface area contributed by atoms with E-state index in [9.17, 15) is 0 Å². The Balaban J connectivity index is 1.20. The fraction of sp³-hybridized carbons (Fsp3) is 0. The van der Waals surface area contributed by atoms with Gasteiger partial charge in [-0.2, -0.15) is 0 Å². The van der Waals surface area contributed by atoms with Crippen LogP contribution >= 0.6 is 23.5 Å². The van der Waals surface area contributed by atoms with Gasteiger partial charge >= 0.3 is 0 Å². The highest BCUT2D eigenvalue weighted by Gasteiger charge is 2.41. The van der Waals surface area contributed by atoms with E-state index in [1.165, 1.54) is 107 Å². The van der Waals surface area contributed by atoms with Gasteiger partial charge in [-0.1, -0.05) is 119 Å². The summed E-state index contributed by atoms with van der Waals surface area (Å²) in [6.45, 7) is 0.471. The molecule has 0 atom stereocenters. The Hall–Kier alpha value is -5.03. The summed E-state index contributed by atoms with van der Waals surface area (Å²) in [5.74, 6) is 0. The number of hydrogen-bond donors (Lipinski definition) is 0. The average molecular weight is 640 g/mol. The van der Waals surface area contributed by atoms with Gasteiger partial charge in [0.2, 0.25) is 13.4 Å². The minimum Gasteiger partial charge on any atom is -0.310 e. The smallest absolute Gasteiger partial charge is 0.249 e. The van der Waals surface area contributed by atoms with E-state index >= 15 is 0 Å². The van der Waals surface area contributed by atoms with Crippen LogP contribution in [-0.2, 0) is 0 Å². The average Bonchev–Trinajstić information content (AvgIpc) is 3.64. The molecule has 6 heterocycles. The molecule has 2 aromatic heterocycles. The van der Waals surface area contributed by atoms with Gasteiger partial charge in [0.05, 0.1) is 16.6 Å². The summed E-state index contributed by atoms with van der Waals surface area (Å²) in [4.78, 5) is 5.49. The van der Waals surface area contributed by atoms with E-state index < -0.39 is 0 Å². The van der Waals surface area contributed by atoms with E-state index in [0.717, 1.165) is 0 Å². The van der Waals surface area contributed by atoms with Crippen LogP contribution in [-0.4, -0.2) is 22.6 Å². The first-order valence-corrected chi connectivity index (χ1v) is 18.3. The molecule has 0 fully saturated rings. The maximum Gasteiger partial charge on any atom is 0.249 e. The molecule has 4 aliphatic rings. The van der Waals surface area contributed by atoms with E-state index in [1.807, 2.05) is 23.5 Å². The fourth-order valence-corrected chi connectivity index (χ4v) is 12.0. The Labute approximate surface area is 285 Å². The molecule has 0 N–H and O–H groups in total. The van der Waals surface area contributed by atoms with Crippen molar-refractivity contribution in [1.29, 1.82) is 0 Å². The van der Waals surface area contributed by atoms with Crippen molar-refractivity contribution >= 4 is 113 Å². The monoisotopic (exact) mass is 640 g/mol. The molecule has 9 aromatic rings. The Bertz CT molecular complexity index is 2990. The minimum atomic E-state index is 0.236. The highest BCUT2D eigenvalue weighted by molar-refractivity contribution is 8.00. The Morgan fingerprint density at radius 1 is 0.375 bits per heavy atom. The van der Waals surface area contributed by atoms with Gasteiger partial charge < -0.3 is 9.13 Å². The summed E-state index contributed by atoms with van der Waals surface area (Å²) >= 11 is 3.85. The molecule has 0 spiro atoms. The lowest BCUT2D eigenvalue weighted by molar-refractivity contribution is 1.16. The SMILES string of the molecule is c1ccc2c(c1)Sc1cccc3c1B2c1cccc2c4cc5c6ccc7c8c6n(c5cc4n-3c12)-c1ccccc1B8c1ccccc1S7. The van der Waals surface area contributed by atoms with Crippen LogP contribution in [0.2, 0.25) is 0 Å². The van der Waals surface area contributed by atoms with Crippen LogP contribution in [0, 0.1) is 0 Å². The van der Waals surface area contributed by atoms with Gasteiger partial charge in [-0.25, -0.2) is 0 Å². The third-order valence-electron chi connectivity index (χ3n) is 11.4. The van der Waals surface area contributed by atoms with E-state index in [4.69, 9.17) is 0 Å². The summed E-state index contributed by atoms with van der Waals surface area (Å²) in [7, 11) is 0. The summed E-state index contributed by atoms with van der Waals surface area (Å²) < 4.78 is 5.18. The zero-order chi connectivity index (χ0) is 30.8. The predicted octanol–water partition coefficient (Wildman–Crippen LogP) is 6.47. The zero-order valence-electron chi connectivity index (χ0n) is 25.6. The second kappa shape index (κ2) is 8.51. The van der Waals surface area contributed by atoms with Crippen LogP contribution in [0.3, 0.4) is 0 Å². The molecule has 0 radical (unpaired) electrons. The van der Waals surface area contributed by atoms with Crippen LogP contribution in [0.5, 0.6) is 0 Å². The van der Waals surface area contributed by atoms with E-state index in [1.54, 1.807) is 0 Å². The zero-order valence-corrected chi connectivity index (χ0v) is 27.2. The van der Waals surface area contributed by atoms with Crippen molar-refractivity contribution in [3.8, 4) is 11.4 Å². The molecule has 0 aliphatic carbocycles. The van der Waals surface area contributed by atoms with Crippen LogP contribution in [0.4, 0.5) is 0 Å². The molecule has 0 saturated carbocycles. The summed E-state index contributed by atoms with van der Waals surface area (Å²) in [6, 6.07) is 50.9. The van der Waals surface area contributed by atoms with Crippen molar-refractivity contribution in [2.75, 3.05) is 0 Å². The maximum absolute atomic E-state index is 2.59. The van der Waals surface area contributed by atoms with Crippen molar-refractivity contribution in [3.05, 3.63) is 133 Å². The number of fused-ring (bicyclic) bond motifs is 15. The minimum absolute atomic E-state index is 0.236. The standard InChI is InChI=1S/C42H22B2N2S2/c1-4-14-31-27(10-1)43-28-11-2-5-16-35(28)48-38-20-19-24-26-21-25-23-9-7-13-30-41(23)46(34(25)22-33(26)45(31)42(24)40(38)43)32-15-8-18-37-39(32)44(30)29-12-3-6-17-36(29)47-37/h1-22H. The molecular formula is C42H22B2N2S2. The Kier molecular flexibility index (Phi) is 4.44. The second-order valence-corrected chi connectivity index (χ2v) is 15.7. The number of para-hydroxylation sites is 2. The molecule has 4 aliphatic heterocycles. The first-order valence-electron chi connectivity index (χ1n) is 16.7. The lowest BCUT2D eigenvalue weighted by atomic mass is 9.35. The molecule has 0 bridgehead atoms. The van der Waals surface area contributed by atoms with Crippen LogP contribution in [0.1, 0.15) is 0 Å². The van der Waals surface area contributed by atoms with Gasteiger partial charge in [0.25, 0.3) is 0 Å². The fourth-order valence-electron chi connectivity index (χ4n) is 9.66. The van der Waals surface area contributed by atoms with Crippen molar-refractivity contribution < 1.29 is 0 Å². The molecule has 13 rings (SSSR count). The Morgan fingerprint density at radius 3 is 1.73 bits per heavy atom. The topological polar surface area (TPSA) is 9.86 Å². The van der Waals surface area contributed by atoms with Crippen molar-refractivity contribution in [1.82, 2.24) is 9.13 Å². The van der Waals surface area contributed by atoms with Crippen LogP contribution in [0.25, 0.3) is 55.0 Å². The maximum atomic E-state index is 2.59.